The summed E-state index contributed by atoms with van der Waals surface area (Å²) in [5.74, 6) is -0.846. The fourth-order valence-electron chi connectivity index (χ4n) is 9.15. The quantitative estimate of drug-likeness (QED) is 0.0344. The van der Waals surface area contributed by atoms with Crippen molar-refractivity contribution in [1.82, 2.24) is 0 Å². The van der Waals surface area contributed by atoms with Crippen molar-refractivity contribution >= 4 is 17.9 Å². The lowest BCUT2D eigenvalue weighted by Crippen LogP contribution is -2.30. The van der Waals surface area contributed by atoms with Crippen molar-refractivity contribution in [2.24, 2.45) is 0 Å². The standard InChI is InChI=1S/C59H114O6/c1-4-7-10-13-16-18-20-22-24-26-27-28-29-30-31-32-34-35-37-39-41-43-46-49-52-58(61)64-55-56(54-63-57(60)51-48-45-15-12-9-6-3)65-59(62)53-50-47-44-42-40-38-36-33-25-23-21-19-17-14-11-8-5-2/h56H,4-55H2,1-3H3. The summed E-state index contributed by atoms with van der Waals surface area (Å²) in [6, 6.07) is 0. The zero-order valence-electron chi connectivity index (χ0n) is 44.3. The lowest BCUT2D eigenvalue weighted by molar-refractivity contribution is -0.167. The third kappa shape index (κ3) is 53.2. The van der Waals surface area contributed by atoms with Gasteiger partial charge in [-0.05, 0) is 19.3 Å². The second-order valence-corrected chi connectivity index (χ2v) is 20.3. The second kappa shape index (κ2) is 55.0. The van der Waals surface area contributed by atoms with E-state index < -0.39 is 6.10 Å². The predicted molar refractivity (Wildman–Crippen MR) is 280 cm³/mol. The van der Waals surface area contributed by atoms with Gasteiger partial charge in [-0.3, -0.25) is 14.4 Å². The highest BCUT2D eigenvalue weighted by Gasteiger charge is 2.19. The molecule has 0 aromatic rings. The Morgan fingerprint density at radius 3 is 0.615 bits per heavy atom. The van der Waals surface area contributed by atoms with Crippen LogP contribution in [0.2, 0.25) is 0 Å². The van der Waals surface area contributed by atoms with E-state index in [1.165, 1.54) is 244 Å². The van der Waals surface area contributed by atoms with Crippen molar-refractivity contribution in [3.63, 3.8) is 0 Å². The summed E-state index contributed by atoms with van der Waals surface area (Å²) < 4.78 is 16.8. The lowest BCUT2D eigenvalue weighted by Gasteiger charge is -2.18. The fourth-order valence-corrected chi connectivity index (χ4v) is 9.15. The molecule has 6 heteroatoms. The van der Waals surface area contributed by atoms with E-state index in [1.54, 1.807) is 0 Å². The summed E-state index contributed by atoms with van der Waals surface area (Å²) in [6.45, 7) is 6.65. The van der Waals surface area contributed by atoms with Crippen molar-refractivity contribution in [3.05, 3.63) is 0 Å². The monoisotopic (exact) mass is 919 g/mol. The molecule has 0 N–H and O–H groups in total. The zero-order valence-corrected chi connectivity index (χ0v) is 44.3. The molecule has 6 nitrogen and oxygen atoms in total. The highest BCUT2D eigenvalue weighted by atomic mass is 16.6. The smallest absolute Gasteiger partial charge is 0.306 e. The van der Waals surface area contributed by atoms with E-state index in [2.05, 4.69) is 20.8 Å². The number of carbonyl (C=O) groups is 3. The maximum atomic E-state index is 12.8. The Labute approximate surface area is 406 Å². The Morgan fingerprint density at radius 2 is 0.415 bits per heavy atom. The molecule has 0 spiro atoms. The van der Waals surface area contributed by atoms with Gasteiger partial charge in [-0.15, -0.1) is 0 Å². The number of hydrogen-bond donors (Lipinski definition) is 0. The maximum absolute atomic E-state index is 12.8. The molecule has 65 heavy (non-hydrogen) atoms. The first-order valence-corrected chi connectivity index (χ1v) is 29.5. The lowest BCUT2D eigenvalue weighted by atomic mass is 10.0. The minimum Gasteiger partial charge on any atom is -0.462 e. The van der Waals surface area contributed by atoms with Crippen LogP contribution < -0.4 is 0 Å². The second-order valence-electron chi connectivity index (χ2n) is 20.3. The van der Waals surface area contributed by atoms with E-state index in [4.69, 9.17) is 14.2 Å². The highest BCUT2D eigenvalue weighted by molar-refractivity contribution is 5.71. The molecule has 386 valence electrons. The fraction of sp³-hybridized carbons (Fsp3) is 0.949. The number of carbonyl (C=O) groups excluding carboxylic acids is 3. The van der Waals surface area contributed by atoms with Crippen molar-refractivity contribution in [1.29, 1.82) is 0 Å². The van der Waals surface area contributed by atoms with Gasteiger partial charge >= 0.3 is 17.9 Å². The van der Waals surface area contributed by atoms with Crippen LogP contribution in [0.3, 0.4) is 0 Å². The summed E-state index contributed by atoms with van der Waals surface area (Å²) in [5, 5.41) is 0. The van der Waals surface area contributed by atoms with Crippen LogP contribution in [0, 0.1) is 0 Å². The molecular formula is C59H114O6. The molecule has 0 fully saturated rings. The number of hydrogen-bond acceptors (Lipinski definition) is 6. The molecule has 1 unspecified atom stereocenters. The Kier molecular flexibility index (Phi) is 53.7. The number of rotatable bonds is 55. The number of ether oxygens (including phenoxy) is 3. The maximum Gasteiger partial charge on any atom is 0.306 e. The summed E-state index contributed by atoms with van der Waals surface area (Å²) in [7, 11) is 0. The van der Waals surface area contributed by atoms with Crippen LogP contribution in [0.1, 0.15) is 342 Å². The van der Waals surface area contributed by atoms with Crippen LogP contribution in [-0.2, 0) is 28.6 Å². The SMILES string of the molecule is CCCCCCCCCCCCCCCCCCCCCCCCCCC(=O)OCC(COC(=O)CCCCCCCC)OC(=O)CCCCCCCCCCCCCCCCCCC. The molecule has 0 amide bonds. The molecule has 0 rings (SSSR count). The van der Waals surface area contributed by atoms with Crippen molar-refractivity contribution < 1.29 is 28.6 Å². The molecule has 0 aromatic carbocycles. The molecule has 0 radical (unpaired) electrons. The molecule has 0 aliphatic carbocycles. The van der Waals surface area contributed by atoms with Gasteiger partial charge in [-0.25, -0.2) is 0 Å². The van der Waals surface area contributed by atoms with Gasteiger partial charge in [0.2, 0.25) is 0 Å². The third-order valence-corrected chi connectivity index (χ3v) is 13.6. The highest BCUT2D eigenvalue weighted by Crippen LogP contribution is 2.18. The number of esters is 3. The molecule has 0 aliphatic rings. The van der Waals surface area contributed by atoms with Gasteiger partial charge in [0.1, 0.15) is 13.2 Å². The van der Waals surface area contributed by atoms with Crippen LogP contribution in [-0.4, -0.2) is 37.2 Å². The minimum absolute atomic E-state index is 0.0622. The minimum atomic E-state index is -0.759. The molecule has 0 bridgehead atoms. The molecule has 0 aliphatic heterocycles. The predicted octanol–water partition coefficient (Wildman–Crippen LogP) is 19.5. The van der Waals surface area contributed by atoms with Crippen molar-refractivity contribution in [3.8, 4) is 0 Å². The normalized spacial score (nSPS) is 11.9. The van der Waals surface area contributed by atoms with Gasteiger partial charge in [0.05, 0.1) is 0 Å². The van der Waals surface area contributed by atoms with Crippen molar-refractivity contribution in [2.75, 3.05) is 13.2 Å². The average Bonchev–Trinajstić information content (AvgIpc) is 3.30. The zero-order chi connectivity index (χ0) is 47.2. The molecule has 0 heterocycles. The van der Waals surface area contributed by atoms with Crippen LogP contribution in [0.15, 0.2) is 0 Å². The molecule has 1 atom stereocenters. The molecular weight excluding hydrogens is 805 g/mol. The topological polar surface area (TPSA) is 78.9 Å². The van der Waals surface area contributed by atoms with Gasteiger partial charge < -0.3 is 14.2 Å². The van der Waals surface area contributed by atoms with Crippen LogP contribution in [0.5, 0.6) is 0 Å². The first kappa shape index (κ1) is 63.4. The van der Waals surface area contributed by atoms with Gasteiger partial charge in [-0.2, -0.15) is 0 Å². The summed E-state index contributed by atoms with van der Waals surface area (Å²) in [5.41, 5.74) is 0. The first-order chi connectivity index (χ1) is 32.0. The number of unbranched alkanes of at least 4 members (excludes halogenated alkanes) is 44. The third-order valence-electron chi connectivity index (χ3n) is 13.6. The van der Waals surface area contributed by atoms with Crippen LogP contribution in [0.25, 0.3) is 0 Å². The van der Waals surface area contributed by atoms with Gasteiger partial charge in [0.15, 0.2) is 6.10 Å². The van der Waals surface area contributed by atoms with E-state index >= 15 is 0 Å². The largest absolute Gasteiger partial charge is 0.462 e. The first-order valence-electron chi connectivity index (χ1n) is 29.5. The summed E-state index contributed by atoms with van der Waals surface area (Å²) >= 11 is 0. The average molecular weight is 920 g/mol. The summed E-state index contributed by atoms with van der Waals surface area (Å²) in [6.07, 6.45) is 61.4. The Bertz CT molecular complexity index is 967. The van der Waals surface area contributed by atoms with E-state index in [9.17, 15) is 14.4 Å². The van der Waals surface area contributed by atoms with Gasteiger partial charge in [-0.1, -0.05) is 303 Å². The van der Waals surface area contributed by atoms with Crippen molar-refractivity contribution in [2.45, 2.75) is 348 Å². The van der Waals surface area contributed by atoms with Crippen LogP contribution in [0.4, 0.5) is 0 Å². The Balaban J connectivity index is 4.03. The summed E-state index contributed by atoms with van der Waals surface area (Å²) in [4.78, 5) is 37.9. The Morgan fingerprint density at radius 1 is 0.246 bits per heavy atom. The van der Waals surface area contributed by atoms with Crippen LogP contribution >= 0.6 is 0 Å². The molecule has 0 saturated heterocycles. The van der Waals surface area contributed by atoms with E-state index in [0.29, 0.717) is 19.3 Å². The Hall–Kier alpha value is -1.59. The van der Waals surface area contributed by atoms with E-state index in [1.807, 2.05) is 0 Å². The van der Waals surface area contributed by atoms with E-state index in [0.717, 1.165) is 57.8 Å². The molecule has 0 aromatic heterocycles. The van der Waals surface area contributed by atoms with E-state index in [-0.39, 0.29) is 31.1 Å². The van der Waals surface area contributed by atoms with Gasteiger partial charge in [0, 0.05) is 19.3 Å². The van der Waals surface area contributed by atoms with Gasteiger partial charge in [0.25, 0.3) is 0 Å². The molecule has 0 saturated carbocycles.